The van der Waals surface area contributed by atoms with Gasteiger partial charge in [-0.05, 0) is 17.7 Å². The molecule has 8 rings (SSSR count). The van der Waals surface area contributed by atoms with Gasteiger partial charge in [-0.25, -0.2) is 9.59 Å². The van der Waals surface area contributed by atoms with Crippen LogP contribution in [0.2, 0.25) is 0 Å². The van der Waals surface area contributed by atoms with Crippen molar-refractivity contribution in [2.75, 3.05) is 65.6 Å². The SMILES string of the molecule is C=CCOOC(=O)C(C)C1C(=O)N2C(C(=O)OCC=C)=C(COc3cccc4c3-c3ccc(C[N+]56CC[N+](CC(N)=O)(CC5)CC6)cc3C4=O)[C@H](C)C12. The van der Waals surface area contributed by atoms with Gasteiger partial charge in [-0.3, -0.25) is 19.3 Å². The maximum Gasteiger partial charge on any atom is 0.355 e. The lowest BCUT2D eigenvalue weighted by molar-refractivity contribution is -1.08. The van der Waals surface area contributed by atoms with Gasteiger partial charge >= 0.3 is 11.9 Å². The zero-order chi connectivity index (χ0) is 37.7. The zero-order valence-corrected chi connectivity index (χ0v) is 30.2. The van der Waals surface area contributed by atoms with E-state index in [0.717, 1.165) is 65.9 Å². The predicted octanol–water partition coefficient (Wildman–Crippen LogP) is 2.68. The van der Waals surface area contributed by atoms with Crippen molar-refractivity contribution in [2.45, 2.75) is 26.4 Å². The number of quaternary nitrogens is 2. The first kappa shape index (κ1) is 36.3. The molecule has 3 unspecified atom stereocenters. The lowest BCUT2D eigenvalue weighted by Crippen LogP contribution is -2.75. The highest BCUT2D eigenvalue weighted by molar-refractivity contribution is 6.22. The molecule has 0 aromatic heterocycles. The van der Waals surface area contributed by atoms with Crippen LogP contribution in [0.5, 0.6) is 5.75 Å². The first-order valence-corrected chi connectivity index (χ1v) is 18.1. The number of ketones is 1. The van der Waals surface area contributed by atoms with Gasteiger partial charge in [0.2, 0.25) is 5.91 Å². The van der Waals surface area contributed by atoms with E-state index >= 15 is 0 Å². The number of carbonyl (C=O) groups excluding carboxylic acids is 5. The molecule has 6 aliphatic rings. The van der Waals surface area contributed by atoms with Gasteiger partial charge in [0, 0.05) is 33.7 Å². The number of carbonyl (C=O) groups is 5. The second-order valence-electron chi connectivity index (χ2n) is 15.0. The minimum absolute atomic E-state index is 0.00654. The molecule has 278 valence electrons. The lowest BCUT2D eigenvalue weighted by Gasteiger charge is -2.55. The molecule has 2 amide bonds. The number of rotatable bonds is 15. The first-order chi connectivity index (χ1) is 25.4. The summed E-state index contributed by atoms with van der Waals surface area (Å²) in [5.41, 5.74) is 9.92. The van der Waals surface area contributed by atoms with Crippen LogP contribution in [0, 0.1) is 17.8 Å². The Balaban J connectivity index is 1.11. The number of piperazine rings is 3. The van der Waals surface area contributed by atoms with Crippen molar-refractivity contribution in [1.82, 2.24) is 4.90 Å². The molecule has 2 bridgehead atoms. The first-order valence-electron chi connectivity index (χ1n) is 18.1. The van der Waals surface area contributed by atoms with Crippen LogP contribution in [0.4, 0.5) is 0 Å². The second kappa shape index (κ2) is 14.0. The van der Waals surface area contributed by atoms with E-state index in [4.69, 9.17) is 25.0 Å². The standard InChI is InChI=1S/C40H45N4O9/c1-5-18-50-40(49)36-30(24(3)35-33(38(47)42(35)36)25(4)39(48)53-52-19-6-2)23-51-31-9-7-8-28-34(31)27-11-10-26(20-29(27)37(28)46)21-43-12-15-44(16-13-43,17-14-43)22-32(41)45/h5-11,20,24-25,33,35H,1-2,12-19,21-23H2,3-4H3,(H-,41,45)/q+1/p+1/t24-,25?,33?,35?,43?,44?/m0/s1. The number of nitrogens with two attached hydrogens (primary N) is 1. The monoisotopic (exact) mass is 726 g/mol. The van der Waals surface area contributed by atoms with Crippen molar-refractivity contribution in [3.63, 3.8) is 0 Å². The van der Waals surface area contributed by atoms with Gasteiger partial charge in [-0.2, -0.15) is 4.89 Å². The topological polar surface area (TPSA) is 152 Å². The summed E-state index contributed by atoms with van der Waals surface area (Å²) in [6.45, 7) is 17.4. The Labute approximate surface area is 308 Å². The number of esters is 1. The normalized spacial score (nSPS) is 27.0. The molecule has 5 heterocycles. The van der Waals surface area contributed by atoms with Crippen LogP contribution in [-0.2, 0) is 40.2 Å². The molecule has 2 aromatic carbocycles. The fraction of sp³-hybridized carbons (Fsp3) is 0.425. The molecule has 13 heteroatoms. The van der Waals surface area contributed by atoms with E-state index in [1.165, 1.54) is 17.1 Å². The van der Waals surface area contributed by atoms with E-state index in [0.29, 0.717) is 34.6 Å². The number of benzene rings is 2. The number of primary amides is 1. The van der Waals surface area contributed by atoms with Crippen molar-refractivity contribution >= 4 is 29.5 Å². The maximum absolute atomic E-state index is 13.8. The third-order valence-corrected chi connectivity index (χ3v) is 12.0. The van der Waals surface area contributed by atoms with Crippen LogP contribution in [0.3, 0.4) is 0 Å². The van der Waals surface area contributed by atoms with Gasteiger partial charge in [-0.15, -0.1) is 6.58 Å². The molecule has 4 atom stereocenters. The largest absolute Gasteiger partial charge is 0.488 e. The van der Waals surface area contributed by atoms with E-state index in [2.05, 4.69) is 19.2 Å². The fourth-order valence-electron chi connectivity index (χ4n) is 9.06. The summed E-state index contributed by atoms with van der Waals surface area (Å²) in [7, 11) is 0. The Morgan fingerprint density at radius 3 is 2.34 bits per heavy atom. The van der Waals surface area contributed by atoms with Gasteiger partial charge < -0.3 is 29.1 Å². The number of ether oxygens (including phenoxy) is 2. The summed E-state index contributed by atoms with van der Waals surface area (Å²) in [5, 5.41) is 0. The smallest absolute Gasteiger partial charge is 0.355 e. The van der Waals surface area contributed by atoms with E-state index < -0.39 is 35.7 Å². The van der Waals surface area contributed by atoms with Crippen molar-refractivity contribution < 1.29 is 52.2 Å². The molecule has 0 spiro atoms. The maximum atomic E-state index is 13.8. The third kappa shape index (κ3) is 6.26. The highest BCUT2D eigenvalue weighted by atomic mass is 17.2. The number of hydrogen-bond donors (Lipinski definition) is 1. The average Bonchev–Trinajstić information content (AvgIpc) is 3.57. The average molecular weight is 727 g/mol. The summed E-state index contributed by atoms with van der Waals surface area (Å²) < 4.78 is 13.6. The molecule has 0 radical (unpaired) electrons. The lowest BCUT2D eigenvalue weighted by atomic mass is 9.74. The van der Waals surface area contributed by atoms with Crippen molar-refractivity contribution in [1.29, 1.82) is 0 Å². The van der Waals surface area contributed by atoms with Crippen LogP contribution in [0.15, 0.2) is 73.0 Å². The summed E-state index contributed by atoms with van der Waals surface area (Å²) >= 11 is 0. The van der Waals surface area contributed by atoms with Crippen molar-refractivity contribution in [3.8, 4) is 16.9 Å². The number of hydrogen-bond acceptors (Lipinski definition) is 9. The molecule has 5 aliphatic heterocycles. The Morgan fingerprint density at radius 1 is 0.962 bits per heavy atom. The molecule has 4 saturated heterocycles. The fourth-order valence-corrected chi connectivity index (χ4v) is 9.06. The van der Waals surface area contributed by atoms with Crippen LogP contribution in [0.1, 0.15) is 35.3 Å². The summed E-state index contributed by atoms with van der Waals surface area (Å²) in [6, 6.07) is 10.9. The Hall–Kier alpha value is -5.11. The Morgan fingerprint density at radius 2 is 1.66 bits per heavy atom. The van der Waals surface area contributed by atoms with Crippen LogP contribution in [0.25, 0.3) is 11.1 Å². The summed E-state index contributed by atoms with van der Waals surface area (Å²) in [6.07, 6.45) is 2.88. The van der Waals surface area contributed by atoms with E-state index in [-0.39, 0.29) is 43.1 Å². The molecular weight excluding hydrogens is 680 g/mol. The molecule has 2 aromatic rings. The highest BCUT2D eigenvalue weighted by Gasteiger charge is 2.61. The van der Waals surface area contributed by atoms with Crippen LogP contribution in [-0.4, -0.2) is 115 Å². The van der Waals surface area contributed by atoms with Gasteiger partial charge in [0.05, 0.1) is 17.9 Å². The molecule has 1 aliphatic carbocycles. The number of β-lactam (4-membered cyclic amide) rings is 1. The number of nitrogens with zero attached hydrogens (tertiary/aromatic N) is 3. The predicted molar refractivity (Wildman–Crippen MR) is 191 cm³/mol. The van der Waals surface area contributed by atoms with Gasteiger partial charge in [0.1, 0.15) is 77.1 Å². The molecular formula is C40H46N4O9+2. The number of fused-ring (bicyclic) bond motifs is 7. The Bertz CT molecular complexity index is 1930. The zero-order valence-electron chi connectivity index (χ0n) is 30.2. The Kier molecular flexibility index (Phi) is 9.60. The number of amides is 2. The van der Waals surface area contributed by atoms with E-state index in [9.17, 15) is 24.0 Å². The van der Waals surface area contributed by atoms with E-state index in [1.807, 2.05) is 19.1 Å². The quantitative estimate of drug-likeness (QED) is 0.0474. The molecule has 53 heavy (non-hydrogen) atoms. The van der Waals surface area contributed by atoms with Gasteiger partial charge in [0.25, 0.3) is 5.91 Å². The van der Waals surface area contributed by atoms with E-state index in [1.54, 1.807) is 25.1 Å². The van der Waals surface area contributed by atoms with Crippen molar-refractivity contribution in [2.24, 2.45) is 23.5 Å². The summed E-state index contributed by atoms with van der Waals surface area (Å²) in [5.74, 6) is -3.57. The van der Waals surface area contributed by atoms with Crippen molar-refractivity contribution in [3.05, 3.63) is 89.7 Å². The van der Waals surface area contributed by atoms with Crippen LogP contribution < -0.4 is 10.5 Å². The molecule has 2 N–H and O–H groups in total. The molecule has 0 saturated carbocycles. The van der Waals surface area contributed by atoms with Gasteiger partial charge in [0.15, 0.2) is 12.3 Å². The second-order valence-corrected chi connectivity index (χ2v) is 15.0. The highest BCUT2D eigenvalue weighted by Crippen LogP contribution is 2.50. The van der Waals surface area contributed by atoms with Crippen LogP contribution >= 0.6 is 0 Å². The molecule has 13 nitrogen and oxygen atoms in total. The third-order valence-electron chi connectivity index (χ3n) is 12.0. The minimum atomic E-state index is -0.837. The molecule has 4 fully saturated rings. The van der Waals surface area contributed by atoms with Gasteiger partial charge in [-0.1, -0.05) is 56.8 Å². The minimum Gasteiger partial charge on any atom is -0.488 e. The summed E-state index contributed by atoms with van der Waals surface area (Å²) in [4.78, 5) is 76.4.